The third-order valence-electron chi connectivity index (χ3n) is 4.02. The molecule has 3 aromatic heterocycles. The van der Waals surface area contributed by atoms with Crippen molar-refractivity contribution in [1.82, 2.24) is 24.9 Å². The molecule has 4 rings (SSSR count). The van der Waals surface area contributed by atoms with E-state index in [0.717, 1.165) is 27.8 Å². The van der Waals surface area contributed by atoms with Crippen molar-refractivity contribution in [3.05, 3.63) is 89.9 Å². The summed E-state index contributed by atoms with van der Waals surface area (Å²) >= 11 is 1.61. The third kappa shape index (κ3) is 4.15. The zero-order valence-electron chi connectivity index (χ0n) is 14.4. The fourth-order valence-electron chi connectivity index (χ4n) is 2.59. The van der Waals surface area contributed by atoms with Gasteiger partial charge >= 0.3 is 0 Å². The van der Waals surface area contributed by atoms with Gasteiger partial charge in [0, 0.05) is 23.7 Å². The van der Waals surface area contributed by atoms with E-state index >= 15 is 0 Å². The summed E-state index contributed by atoms with van der Waals surface area (Å²) in [6.45, 7) is 0.414. The van der Waals surface area contributed by atoms with Crippen molar-refractivity contribution in [1.29, 1.82) is 0 Å². The second-order valence-corrected chi connectivity index (χ2v) is 6.84. The number of pyridine rings is 2. The molecule has 7 heteroatoms. The number of rotatable bonds is 6. The molecule has 134 valence electrons. The smallest absolute Gasteiger partial charge is 0.251 e. The van der Waals surface area contributed by atoms with Crippen LogP contribution in [0.1, 0.15) is 21.6 Å². The number of aromatic nitrogens is 4. The van der Waals surface area contributed by atoms with Crippen LogP contribution in [0.15, 0.2) is 78.2 Å². The number of amides is 1. The van der Waals surface area contributed by atoms with Crippen molar-refractivity contribution in [3.8, 4) is 0 Å². The predicted octanol–water partition coefficient (Wildman–Crippen LogP) is 3.35. The Kier molecular flexibility index (Phi) is 5.11. The van der Waals surface area contributed by atoms with Crippen LogP contribution >= 0.6 is 11.8 Å². The van der Waals surface area contributed by atoms with Gasteiger partial charge in [-0.15, -0.1) is 10.2 Å². The number of hydrogen-bond acceptors (Lipinski definition) is 5. The van der Waals surface area contributed by atoms with Gasteiger partial charge in [0.25, 0.3) is 5.91 Å². The quantitative estimate of drug-likeness (QED) is 0.523. The summed E-state index contributed by atoms with van der Waals surface area (Å²) in [5.74, 6) is 0.647. The Bertz CT molecular complexity index is 1050. The summed E-state index contributed by atoms with van der Waals surface area (Å²) in [4.78, 5) is 16.5. The number of hydrogen-bond donors (Lipinski definition) is 1. The minimum Gasteiger partial charge on any atom is -0.346 e. The monoisotopic (exact) mass is 375 g/mol. The molecule has 1 amide bonds. The molecule has 1 N–H and O–H groups in total. The van der Waals surface area contributed by atoms with Gasteiger partial charge in [0.15, 0.2) is 10.8 Å². The van der Waals surface area contributed by atoms with Gasteiger partial charge in [-0.25, -0.2) is 0 Å². The van der Waals surface area contributed by atoms with Crippen molar-refractivity contribution in [2.24, 2.45) is 0 Å². The normalized spacial score (nSPS) is 10.8. The first kappa shape index (κ1) is 17.2. The average molecular weight is 375 g/mol. The second kappa shape index (κ2) is 8.01. The molecular formula is C20H17N5OS. The summed E-state index contributed by atoms with van der Waals surface area (Å²) in [5, 5.41) is 12.1. The van der Waals surface area contributed by atoms with E-state index in [0.29, 0.717) is 12.1 Å². The molecule has 0 aliphatic heterocycles. The molecule has 0 saturated carbocycles. The molecule has 4 aromatic rings. The number of nitrogens with zero attached hydrogens (tertiary/aromatic N) is 4. The first-order valence-corrected chi connectivity index (χ1v) is 9.48. The fourth-order valence-corrected chi connectivity index (χ4v) is 3.47. The summed E-state index contributed by atoms with van der Waals surface area (Å²) in [6, 6.07) is 19.1. The molecule has 0 unspecified atom stereocenters. The van der Waals surface area contributed by atoms with Crippen molar-refractivity contribution in [2.45, 2.75) is 17.5 Å². The van der Waals surface area contributed by atoms with Gasteiger partial charge in [0.1, 0.15) is 0 Å². The van der Waals surface area contributed by atoms with Crippen LogP contribution in [0.2, 0.25) is 0 Å². The number of thioether (sulfide) groups is 1. The van der Waals surface area contributed by atoms with E-state index in [1.807, 2.05) is 71.3 Å². The molecule has 0 fully saturated rings. The van der Waals surface area contributed by atoms with Crippen LogP contribution in [0.25, 0.3) is 5.65 Å². The first-order chi connectivity index (χ1) is 13.3. The molecule has 3 heterocycles. The van der Waals surface area contributed by atoms with E-state index in [4.69, 9.17) is 0 Å². The van der Waals surface area contributed by atoms with Crippen LogP contribution in [0, 0.1) is 0 Å². The van der Waals surface area contributed by atoms with E-state index in [2.05, 4.69) is 20.5 Å². The Labute approximate surface area is 160 Å². The summed E-state index contributed by atoms with van der Waals surface area (Å²) in [5.41, 5.74) is 3.42. The molecule has 0 spiro atoms. The molecule has 1 aromatic carbocycles. The minimum absolute atomic E-state index is 0.108. The van der Waals surface area contributed by atoms with E-state index in [-0.39, 0.29) is 5.91 Å². The van der Waals surface area contributed by atoms with Crippen molar-refractivity contribution in [2.75, 3.05) is 0 Å². The van der Waals surface area contributed by atoms with Gasteiger partial charge in [-0.3, -0.25) is 14.2 Å². The maximum Gasteiger partial charge on any atom is 0.251 e. The third-order valence-corrected chi connectivity index (χ3v) is 5.04. The number of carbonyl (C=O) groups excluding carboxylic acids is 1. The molecule has 6 nitrogen and oxygen atoms in total. The van der Waals surface area contributed by atoms with Crippen molar-refractivity contribution < 1.29 is 4.79 Å². The van der Waals surface area contributed by atoms with Crippen LogP contribution in [0.3, 0.4) is 0 Å². The molecule has 0 saturated heterocycles. The van der Waals surface area contributed by atoms with E-state index in [1.165, 1.54) is 0 Å². The Morgan fingerprint density at radius 3 is 2.67 bits per heavy atom. The molecular weight excluding hydrogens is 358 g/mol. The summed E-state index contributed by atoms with van der Waals surface area (Å²) < 4.78 is 1.96. The zero-order chi connectivity index (χ0) is 18.5. The van der Waals surface area contributed by atoms with E-state index < -0.39 is 0 Å². The van der Waals surface area contributed by atoms with Crippen LogP contribution in [0.5, 0.6) is 0 Å². The molecule has 0 bridgehead atoms. The Balaban J connectivity index is 1.35. The van der Waals surface area contributed by atoms with Crippen LogP contribution < -0.4 is 5.32 Å². The van der Waals surface area contributed by atoms with Crippen LogP contribution in [-0.4, -0.2) is 25.5 Å². The molecule has 0 atom stereocenters. The van der Waals surface area contributed by atoms with Crippen molar-refractivity contribution >= 4 is 23.3 Å². The zero-order valence-corrected chi connectivity index (χ0v) is 15.3. The van der Waals surface area contributed by atoms with Gasteiger partial charge in [0.05, 0.1) is 12.2 Å². The summed E-state index contributed by atoms with van der Waals surface area (Å²) in [7, 11) is 0. The Morgan fingerprint density at radius 1 is 1.00 bits per heavy atom. The van der Waals surface area contributed by atoms with Gasteiger partial charge in [-0.2, -0.15) is 0 Å². The number of benzene rings is 1. The predicted molar refractivity (Wildman–Crippen MR) is 104 cm³/mol. The standard InChI is InChI=1S/C20H17N5OS/c26-19(22-13-17-5-1-3-11-21-17)16-9-7-15(8-10-16)14-27-20-24-23-18-6-2-4-12-25(18)20/h1-12H,13-14H2,(H,22,26). The minimum atomic E-state index is -0.108. The number of carbonyl (C=O) groups is 1. The Morgan fingerprint density at radius 2 is 1.85 bits per heavy atom. The van der Waals surface area contributed by atoms with E-state index in [1.54, 1.807) is 18.0 Å². The van der Waals surface area contributed by atoms with Gasteiger partial charge in [0.2, 0.25) is 0 Å². The maximum atomic E-state index is 12.3. The number of fused-ring (bicyclic) bond motifs is 1. The molecule has 0 aliphatic rings. The molecule has 0 aliphatic carbocycles. The highest BCUT2D eigenvalue weighted by atomic mass is 32.2. The lowest BCUT2D eigenvalue weighted by Gasteiger charge is -2.06. The van der Waals surface area contributed by atoms with Crippen LogP contribution in [0.4, 0.5) is 0 Å². The maximum absolute atomic E-state index is 12.3. The topological polar surface area (TPSA) is 72.2 Å². The number of nitrogens with one attached hydrogen (secondary N) is 1. The average Bonchev–Trinajstić information content (AvgIpc) is 3.15. The lowest BCUT2D eigenvalue weighted by Crippen LogP contribution is -2.23. The fraction of sp³-hybridized carbons (Fsp3) is 0.100. The second-order valence-electron chi connectivity index (χ2n) is 5.90. The van der Waals surface area contributed by atoms with Crippen molar-refractivity contribution in [3.63, 3.8) is 0 Å². The van der Waals surface area contributed by atoms with Gasteiger partial charge in [-0.05, 0) is 42.0 Å². The summed E-state index contributed by atoms with van der Waals surface area (Å²) in [6.07, 6.45) is 3.67. The highest BCUT2D eigenvalue weighted by Gasteiger charge is 2.08. The largest absolute Gasteiger partial charge is 0.346 e. The van der Waals surface area contributed by atoms with E-state index in [9.17, 15) is 4.79 Å². The lowest BCUT2D eigenvalue weighted by molar-refractivity contribution is 0.0950. The SMILES string of the molecule is O=C(NCc1ccccn1)c1ccc(CSc2nnc3ccccn23)cc1. The molecule has 0 radical (unpaired) electrons. The molecule has 27 heavy (non-hydrogen) atoms. The highest BCUT2D eigenvalue weighted by molar-refractivity contribution is 7.98. The lowest BCUT2D eigenvalue weighted by atomic mass is 10.1. The Hall–Kier alpha value is -3.19. The van der Waals surface area contributed by atoms with Crippen LogP contribution in [-0.2, 0) is 12.3 Å². The van der Waals surface area contributed by atoms with Gasteiger partial charge < -0.3 is 5.32 Å². The first-order valence-electron chi connectivity index (χ1n) is 8.49. The van der Waals surface area contributed by atoms with Gasteiger partial charge in [-0.1, -0.05) is 36.0 Å². The highest BCUT2D eigenvalue weighted by Crippen LogP contribution is 2.21.